The van der Waals surface area contributed by atoms with Crippen LogP contribution in [-0.4, -0.2) is 23.1 Å². The molecular weight excluding hydrogens is 392 g/mol. The number of carbonyl (C=O) groups is 4. The minimum atomic E-state index is -0.652. The first-order valence-electron chi connectivity index (χ1n) is 8.94. The van der Waals surface area contributed by atoms with Crippen LogP contribution in [0.4, 0.5) is 0 Å². The van der Waals surface area contributed by atoms with E-state index in [2.05, 4.69) is 13.8 Å². The van der Waals surface area contributed by atoms with Crippen LogP contribution in [0.5, 0.6) is 0 Å². The molecule has 0 atom stereocenters. The average Bonchev–Trinajstić information content (AvgIpc) is 2.34. The van der Waals surface area contributed by atoms with E-state index in [0.29, 0.717) is 0 Å². The molecule has 0 spiro atoms. The van der Waals surface area contributed by atoms with E-state index in [1.165, 1.54) is 0 Å². The van der Waals surface area contributed by atoms with Crippen molar-refractivity contribution in [1.82, 2.24) is 0 Å². The van der Waals surface area contributed by atoms with Crippen molar-refractivity contribution >= 4 is 23.1 Å². The predicted octanol–water partition coefficient (Wildman–Crippen LogP) is 4.84. The summed E-state index contributed by atoms with van der Waals surface area (Å²) in [5, 5.41) is 0. The maximum atomic E-state index is 11.5. The number of Topliss-reactive ketones (excluding diaryl/α,β-unsaturated/α-hetero) is 4. The van der Waals surface area contributed by atoms with E-state index >= 15 is 0 Å². The summed E-state index contributed by atoms with van der Waals surface area (Å²) < 4.78 is 0. The van der Waals surface area contributed by atoms with Crippen molar-refractivity contribution in [2.45, 2.75) is 82.1 Å². The number of carbonyl (C=O) groups excluding carboxylic acids is 4. The summed E-state index contributed by atoms with van der Waals surface area (Å²) in [7, 11) is 0. The minimum Gasteiger partial charge on any atom is -0.331 e. The molecule has 0 bridgehead atoms. The molecule has 0 saturated heterocycles. The molecule has 0 aromatic carbocycles. The van der Waals surface area contributed by atoms with Crippen molar-refractivity contribution < 1.29 is 36.2 Å². The number of rotatable bonds is 6. The average molecular weight is 430 g/mol. The molecule has 0 aliphatic rings. The van der Waals surface area contributed by atoms with Crippen LogP contribution in [0.1, 0.15) is 82.1 Å². The molecule has 0 saturated carbocycles. The van der Waals surface area contributed by atoms with Crippen LogP contribution in [0.25, 0.3) is 0 Å². The van der Waals surface area contributed by atoms with Gasteiger partial charge in [-0.05, 0) is 0 Å². The first-order valence-corrected chi connectivity index (χ1v) is 8.94. The first-order chi connectivity index (χ1) is 11.1. The summed E-state index contributed by atoms with van der Waals surface area (Å²) in [6.07, 6.45) is -0.000000000000000444. The van der Waals surface area contributed by atoms with Crippen molar-refractivity contribution in [3.8, 4) is 0 Å². The Hall–Kier alpha value is -0.801. The van der Waals surface area contributed by atoms with Crippen LogP contribution in [0, 0.1) is 35.5 Å². The van der Waals surface area contributed by atoms with Gasteiger partial charge in [0.2, 0.25) is 0 Å². The van der Waals surface area contributed by atoms with E-state index in [0.717, 1.165) is 0 Å². The predicted molar refractivity (Wildman–Crippen MR) is 106 cm³/mol. The quantitative estimate of drug-likeness (QED) is 0.344. The molecular formula is C22H38CuO4. The van der Waals surface area contributed by atoms with Gasteiger partial charge in [-0.15, -0.1) is 10.8 Å². The van der Waals surface area contributed by atoms with Gasteiger partial charge in [-0.25, -0.2) is 0 Å². The second kappa shape index (κ2) is 10.7. The van der Waals surface area contributed by atoms with Gasteiger partial charge in [-0.1, -0.05) is 69.2 Å². The molecule has 0 amide bonds. The van der Waals surface area contributed by atoms with E-state index in [4.69, 9.17) is 0 Å². The van der Waals surface area contributed by atoms with Crippen LogP contribution in [0.3, 0.4) is 0 Å². The SMILES string of the molecule is [CH2-]C(C)(C)C(=O)CC(=O)C(C)(C)C.[CH2-]C(C)(C)C(=O)CC(=O)C(C)(C)C.[Cu+2]. The Balaban J connectivity index is -0.000000411. The minimum absolute atomic E-state index is 0. The maximum Gasteiger partial charge on any atom is 2.00 e. The Morgan fingerprint density at radius 2 is 0.704 bits per heavy atom. The van der Waals surface area contributed by atoms with Crippen molar-refractivity contribution in [2.24, 2.45) is 21.7 Å². The molecule has 0 unspecified atom stereocenters. The Bertz CT molecular complexity index is 435. The topological polar surface area (TPSA) is 68.3 Å². The largest absolute Gasteiger partial charge is 2.00 e. The second-order valence-electron chi connectivity index (χ2n) is 10.3. The summed E-state index contributed by atoms with van der Waals surface area (Å²) in [6, 6.07) is 0. The van der Waals surface area contributed by atoms with Crippen LogP contribution in [-0.2, 0) is 36.2 Å². The normalized spacial score (nSPS) is 12.3. The molecule has 0 fully saturated rings. The summed E-state index contributed by atoms with van der Waals surface area (Å²) in [6.45, 7) is 25.2. The zero-order valence-electron chi connectivity index (χ0n) is 18.8. The van der Waals surface area contributed by atoms with Crippen LogP contribution < -0.4 is 0 Å². The van der Waals surface area contributed by atoms with E-state index in [1.807, 2.05) is 41.5 Å². The molecule has 0 aliphatic heterocycles. The van der Waals surface area contributed by atoms with E-state index < -0.39 is 21.7 Å². The fourth-order valence-corrected chi connectivity index (χ4v) is 1.30. The third-order valence-electron chi connectivity index (χ3n) is 3.82. The standard InChI is InChI=1S/2C11H19O2.Cu/c2*1-10(2,3)8(12)7-9(13)11(4,5)6;/h2*1,7H2,2-6H3;/q2*-1;+2. The first kappa shape index (κ1) is 30.9. The summed E-state index contributed by atoms with van der Waals surface area (Å²) in [4.78, 5) is 45.8. The number of hydrogen-bond donors (Lipinski definition) is 0. The van der Waals surface area contributed by atoms with Gasteiger partial charge < -0.3 is 23.4 Å². The molecule has 1 radical (unpaired) electrons. The van der Waals surface area contributed by atoms with E-state index in [9.17, 15) is 19.2 Å². The summed E-state index contributed by atoms with van der Waals surface area (Å²) in [5.41, 5.74) is -2.16. The molecule has 0 N–H and O–H groups in total. The van der Waals surface area contributed by atoms with E-state index in [-0.39, 0.29) is 53.0 Å². The second-order valence-corrected chi connectivity index (χ2v) is 10.3. The third kappa shape index (κ3) is 13.9. The molecule has 0 heterocycles. The Labute approximate surface area is 177 Å². The fourth-order valence-electron chi connectivity index (χ4n) is 1.30. The molecule has 0 aromatic rings. The van der Waals surface area contributed by atoms with E-state index in [1.54, 1.807) is 27.7 Å². The van der Waals surface area contributed by atoms with Crippen molar-refractivity contribution in [1.29, 1.82) is 0 Å². The monoisotopic (exact) mass is 429 g/mol. The number of hydrogen-bond acceptors (Lipinski definition) is 4. The summed E-state index contributed by atoms with van der Waals surface area (Å²) in [5.74, 6) is -0.219. The van der Waals surface area contributed by atoms with Crippen molar-refractivity contribution in [2.75, 3.05) is 0 Å². The van der Waals surface area contributed by atoms with Gasteiger partial charge in [-0.2, -0.15) is 0 Å². The Morgan fingerprint density at radius 3 is 0.815 bits per heavy atom. The zero-order chi connectivity index (χ0) is 21.7. The Kier molecular flexibility index (Phi) is 12.2. The van der Waals surface area contributed by atoms with Gasteiger partial charge in [0.25, 0.3) is 0 Å². The van der Waals surface area contributed by atoms with Crippen LogP contribution >= 0.6 is 0 Å². The van der Waals surface area contributed by atoms with Crippen molar-refractivity contribution in [3.05, 3.63) is 13.8 Å². The molecule has 4 nitrogen and oxygen atoms in total. The van der Waals surface area contributed by atoms with Gasteiger partial charge in [-0.3, -0.25) is 9.59 Å². The molecule has 5 heteroatoms. The van der Waals surface area contributed by atoms with Crippen molar-refractivity contribution in [3.63, 3.8) is 0 Å². The molecule has 161 valence electrons. The van der Waals surface area contributed by atoms with Gasteiger partial charge in [0.1, 0.15) is 23.1 Å². The van der Waals surface area contributed by atoms with Crippen LogP contribution in [0.2, 0.25) is 0 Å². The maximum absolute atomic E-state index is 11.5. The third-order valence-corrected chi connectivity index (χ3v) is 3.82. The van der Waals surface area contributed by atoms with Gasteiger partial charge in [0, 0.05) is 10.8 Å². The van der Waals surface area contributed by atoms with Gasteiger partial charge in [0.15, 0.2) is 0 Å². The van der Waals surface area contributed by atoms with Gasteiger partial charge >= 0.3 is 17.1 Å². The smallest absolute Gasteiger partial charge is 0.331 e. The number of ketones is 4. The summed E-state index contributed by atoms with van der Waals surface area (Å²) >= 11 is 0. The van der Waals surface area contributed by atoms with Gasteiger partial charge in [0.05, 0.1) is 12.8 Å². The fraction of sp³-hybridized carbons (Fsp3) is 0.727. The Morgan fingerprint density at radius 1 is 0.519 bits per heavy atom. The zero-order valence-corrected chi connectivity index (χ0v) is 19.7. The van der Waals surface area contributed by atoms with Crippen LogP contribution in [0.15, 0.2) is 0 Å². The molecule has 27 heavy (non-hydrogen) atoms. The molecule has 0 aromatic heterocycles. The molecule has 0 aliphatic carbocycles. The molecule has 0 rings (SSSR count).